The second-order valence-corrected chi connectivity index (χ2v) is 1.77. The number of rotatable bonds is 0. The van der Waals surface area contributed by atoms with Crippen molar-refractivity contribution in [1.82, 2.24) is 0 Å². The Balaban J connectivity index is -0.00000000181. The molecule has 0 aliphatic heterocycles. The van der Waals surface area contributed by atoms with Crippen molar-refractivity contribution in [3.8, 4) is 0 Å². The summed E-state index contributed by atoms with van der Waals surface area (Å²) < 4.78 is 0. The number of halogens is 2. The fraction of sp³-hybridized carbons (Fsp3) is 1.00. The molecule has 13 N–H and O–H groups in total. The van der Waals surface area contributed by atoms with Crippen molar-refractivity contribution < 1.29 is 50.9 Å². The Morgan fingerprint density at radius 2 is 0.727 bits per heavy atom. The van der Waals surface area contributed by atoms with Gasteiger partial charge in [-0.2, -0.15) is 0 Å². The first-order valence-electron chi connectivity index (χ1n) is 0.699. The van der Waals surface area contributed by atoms with E-state index in [1.807, 2.05) is 0 Å². The van der Waals surface area contributed by atoms with Crippen molar-refractivity contribution in [2.45, 2.75) is 0 Å². The van der Waals surface area contributed by atoms with E-state index >= 15 is 0 Å². The predicted molar refractivity (Wildman–Crippen MR) is 41.5 cm³/mol. The molecular weight excluding hydrogens is 254 g/mol. The van der Waals surface area contributed by atoms with E-state index in [0.717, 1.165) is 7.11 Å². The van der Waals surface area contributed by atoms with Crippen molar-refractivity contribution >= 4 is 20.3 Å². The summed E-state index contributed by atoms with van der Waals surface area (Å²) in [5, 5.41) is 7.00. The molecule has 0 saturated heterocycles. The molecule has 10 heteroatoms. The van der Waals surface area contributed by atoms with Gasteiger partial charge in [0.25, 0.3) is 0 Å². The molecule has 0 aromatic rings. The van der Waals surface area contributed by atoms with Gasteiger partial charge in [0.15, 0.2) is 0 Å². The standard InChI is InChI=1S/CH4O.2ClH.Co.6H2O/c1-2;;;;;;;;;/h2H,1H3;2*1H;;6*1H2/q;;;+2;;;;;;/p-2. The maximum atomic E-state index is 7.00. The molecule has 85 valence electrons. The number of hydrogen-bond donors (Lipinski definition) is 1. The molecule has 0 rings (SSSR count). The molecule has 0 amide bonds. The third-order valence-electron chi connectivity index (χ3n) is 0. The van der Waals surface area contributed by atoms with Crippen LogP contribution in [0.4, 0.5) is 0 Å². The molecule has 0 atom stereocenters. The zero-order valence-corrected chi connectivity index (χ0v) is 8.09. The van der Waals surface area contributed by atoms with E-state index in [1.54, 1.807) is 0 Å². The monoisotopic (exact) mass is 269 g/mol. The molecular formula is CH16Cl2CoO7. The van der Waals surface area contributed by atoms with Crippen LogP contribution in [0, 0.1) is 0 Å². The van der Waals surface area contributed by atoms with Crippen molar-refractivity contribution in [3.05, 3.63) is 0 Å². The third kappa shape index (κ3) is 1290. The summed E-state index contributed by atoms with van der Waals surface area (Å²) in [6, 6.07) is 0. The molecule has 0 saturated carbocycles. The Morgan fingerprint density at radius 3 is 0.727 bits per heavy atom. The van der Waals surface area contributed by atoms with Crippen LogP contribution in [-0.4, -0.2) is 45.1 Å². The zero-order valence-electron chi connectivity index (χ0n) is 5.54. The Labute approximate surface area is 78.6 Å². The average molecular weight is 270 g/mol. The first-order valence-corrected chi connectivity index (χ1v) is 3.56. The van der Waals surface area contributed by atoms with E-state index in [4.69, 9.17) is 25.4 Å². The Morgan fingerprint density at radius 1 is 0.727 bits per heavy atom. The van der Waals surface area contributed by atoms with Gasteiger partial charge in [-0.25, -0.2) is 0 Å². The van der Waals surface area contributed by atoms with Crippen molar-refractivity contribution in [2.24, 2.45) is 0 Å². The van der Waals surface area contributed by atoms with Gasteiger partial charge in [-0.1, -0.05) is 0 Å². The quantitative estimate of drug-likeness (QED) is 0.458. The van der Waals surface area contributed by atoms with E-state index in [0.29, 0.717) is 12.9 Å². The van der Waals surface area contributed by atoms with E-state index < -0.39 is 0 Å². The van der Waals surface area contributed by atoms with Gasteiger partial charge >= 0.3 is 33.2 Å². The molecule has 7 nitrogen and oxygen atoms in total. The minimum absolute atomic E-state index is 0. The minimum atomic E-state index is 0. The van der Waals surface area contributed by atoms with E-state index in [1.165, 1.54) is 0 Å². The molecule has 0 bridgehead atoms. The molecule has 0 aromatic carbocycles. The summed E-state index contributed by atoms with van der Waals surface area (Å²) >= 11 is 0.382. The molecule has 0 aliphatic carbocycles. The van der Waals surface area contributed by atoms with Gasteiger partial charge in [0.05, 0.1) is 0 Å². The molecule has 0 spiro atoms. The van der Waals surface area contributed by atoms with Gasteiger partial charge < -0.3 is 38.0 Å². The van der Waals surface area contributed by atoms with E-state index in [9.17, 15) is 0 Å². The van der Waals surface area contributed by atoms with E-state index in [2.05, 4.69) is 0 Å². The van der Waals surface area contributed by atoms with Crippen LogP contribution < -0.4 is 0 Å². The number of hydrogen-bond acceptors (Lipinski definition) is 1. The fourth-order valence-corrected chi connectivity index (χ4v) is 0. The maximum absolute atomic E-state index is 7.00. The van der Waals surface area contributed by atoms with Crippen LogP contribution in [0.15, 0.2) is 0 Å². The molecule has 0 fully saturated rings. The zero-order chi connectivity index (χ0) is 4.71. The number of aliphatic hydroxyl groups is 1. The van der Waals surface area contributed by atoms with Crippen molar-refractivity contribution in [2.75, 3.05) is 7.11 Å². The van der Waals surface area contributed by atoms with Crippen LogP contribution >= 0.6 is 20.3 Å². The average Bonchev–Trinajstić information content (AvgIpc) is 1.46. The van der Waals surface area contributed by atoms with Gasteiger partial charge in [0.1, 0.15) is 0 Å². The summed E-state index contributed by atoms with van der Waals surface area (Å²) in [6.07, 6.45) is 0. The molecule has 0 heterocycles. The second-order valence-electron chi connectivity index (χ2n) is 0.0476. The topological polar surface area (TPSA) is 209 Å². The van der Waals surface area contributed by atoms with Gasteiger partial charge in [0, 0.05) is 7.11 Å². The normalized spacial score (nSPS) is 2.55. The molecule has 0 aromatic heterocycles. The second kappa shape index (κ2) is 318. The fourth-order valence-electron chi connectivity index (χ4n) is 0. The van der Waals surface area contributed by atoms with E-state index in [-0.39, 0.29) is 32.9 Å². The molecule has 0 radical (unpaired) electrons. The Hall–Kier alpha value is 0.806. The summed E-state index contributed by atoms with van der Waals surface area (Å²) in [5.41, 5.74) is 0. The molecule has 0 aliphatic rings. The summed E-state index contributed by atoms with van der Waals surface area (Å²) in [6.45, 7) is 0. The first kappa shape index (κ1) is 95.2. The first-order chi connectivity index (χ1) is 2.41. The van der Waals surface area contributed by atoms with Gasteiger partial charge in [0.2, 0.25) is 0 Å². The Kier molecular flexibility index (Phi) is 2750. The summed E-state index contributed by atoms with van der Waals surface area (Å²) in [5.74, 6) is 0. The van der Waals surface area contributed by atoms with Crippen LogP contribution in [0.25, 0.3) is 0 Å². The van der Waals surface area contributed by atoms with Crippen molar-refractivity contribution in [3.63, 3.8) is 0 Å². The summed E-state index contributed by atoms with van der Waals surface area (Å²) in [4.78, 5) is 0. The SMILES string of the molecule is CO.O.O.O.O.O.O.[Cl][Co][Cl]. The van der Waals surface area contributed by atoms with Gasteiger partial charge in [-0.3, -0.25) is 0 Å². The van der Waals surface area contributed by atoms with Crippen LogP contribution in [-0.2, 0) is 12.9 Å². The molecule has 0 unspecified atom stereocenters. The molecule has 11 heavy (non-hydrogen) atoms. The van der Waals surface area contributed by atoms with Gasteiger partial charge in [-0.15, -0.1) is 0 Å². The summed E-state index contributed by atoms with van der Waals surface area (Å²) in [7, 11) is 10.5. The predicted octanol–water partition coefficient (Wildman–Crippen LogP) is -3.96. The van der Waals surface area contributed by atoms with Crippen LogP contribution in [0.3, 0.4) is 0 Å². The third-order valence-corrected chi connectivity index (χ3v) is 0. The van der Waals surface area contributed by atoms with Crippen molar-refractivity contribution in [1.29, 1.82) is 0 Å². The van der Waals surface area contributed by atoms with Crippen LogP contribution in [0.5, 0.6) is 0 Å². The van der Waals surface area contributed by atoms with Gasteiger partial charge in [-0.05, 0) is 0 Å². The Bertz CT molecular complexity index is 16.4. The van der Waals surface area contributed by atoms with Crippen LogP contribution in [0.1, 0.15) is 0 Å². The number of aliphatic hydroxyl groups excluding tert-OH is 1. The van der Waals surface area contributed by atoms with Crippen LogP contribution in [0.2, 0.25) is 0 Å².